The predicted octanol–water partition coefficient (Wildman–Crippen LogP) is 3.74. The van der Waals surface area contributed by atoms with Crippen molar-refractivity contribution in [3.63, 3.8) is 0 Å². The van der Waals surface area contributed by atoms with Gasteiger partial charge in [0, 0.05) is 11.4 Å². The summed E-state index contributed by atoms with van der Waals surface area (Å²) in [7, 11) is 0. The average Bonchev–Trinajstić information content (AvgIpc) is 2.33. The average molecular weight is 255 g/mol. The molecule has 0 aliphatic carbocycles. The zero-order valence-corrected chi connectivity index (χ0v) is 10.7. The molecule has 2 rings (SSSR count). The molecule has 1 fully saturated rings. The Balaban J connectivity index is 1.99. The number of carbonyl (C=O) groups is 1. The van der Waals surface area contributed by atoms with Crippen molar-refractivity contribution in [3.8, 4) is 0 Å². The number of Topliss-reactive ketones (excluding diaryl/α,β-unsaturated/α-hetero) is 1. The quantitative estimate of drug-likeness (QED) is 0.818. The highest BCUT2D eigenvalue weighted by molar-refractivity contribution is 8.00. The second kappa shape index (κ2) is 5.74. The van der Waals surface area contributed by atoms with Crippen molar-refractivity contribution in [3.05, 3.63) is 34.9 Å². The van der Waals surface area contributed by atoms with Crippen molar-refractivity contribution in [2.75, 3.05) is 5.75 Å². The lowest BCUT2D eigenvalue weighted by Gasteiger charge is -2.20. The molecular formula is C13H15ClOS. The highest BCUT2D eigenvalue weighted by atomic mass is 35.5. The molecule has 1 aliphatic rings. The van der Waals surface area contributed by atoms with Crippen LogP contribution in [0, 0.1) is 0 Å². The molecule has 3 heteroatoms. The van der Waals surface area contributed by atoms with Gasteiger partial charge < -0.3 is 0 Å². The van der Waals surface area contributed by atoms with Crippen LogP contribution in [0.3, 0.4) is 0 Å². The molecule has 0 N–H and O–H groups in total. The Kier molecular flexibility index (Phi) is 4.30. The zero-order valence-electron chi connectivity index (χ0n) is 9.12. The normalized spacial score (nSPS) is 20.7. The first-order chi connectivity index (χ1) is 7.77. The molecule has 1 nitrogen and oxygen atoms in total. The van der Waals surface area contributed by atoms with Crippen LogP contribution in [0.25, 0.3) is 0 Å². The number of halogens is 1. The molecule has 1 aromatic carbocycles. The molecule has 1 heterocycles. The van der Waals surface area contributed by atoms with Crippen molar-refractivity contribution >= 4 is 29.1 Å². The minimum Gasteiger partial charge on any atom is -0.298 e. The van der Waals surface area contributed by atoms with Crippen LogP contribution in [0.1, 0.15) is 24.8 Å². The summed E-state index contributed by atoms with van der Waals surface area (Å²) in [6.07, 6.45) is 3.96. The van der Waals surface area contributed by atoms with Gasteiger partial charge in [-0.15, -0.1) is 0 Å². The van der Waals surface area contributed by atoms with E-state index in [2.05, 4.69) is 0 Å². The van der Waals surface area contributed by atoms with Crippen molar-refractivity contribution < 1.29 is 4.79 Å². The third-order valence-corrected chi connectivity index (χ3v) is 4.66. The van der Waals surface area contributed by atoms with E-state index < -0.39 is 0 Å². The van der Waals surface area contributed by atoms with E-state index in [9.17, 15) is 4.79 Å². The topological polar surface area (TPSA) is 17.1 Å². The van der Waals surface area contributed by atoms with Crippen LogP contribution < -0.4 is 0 Å². The molecule has 16 heavy (non-hydrogen) atoms. The van der Waals surface area contributed by atoms with E-state index in [4.69, 9.17) is 11.6 Å². The first kappa shape index (κ1) is 12.0. The Morgan fingerprint density at radius 3 is 2.88 bits per heavy atom. The second-order valence-corrected chi connectivity index (χ2v) is 5.81. The van der Waals surface area contributed by atoms with Crippen molar-refractivity contribution in [2.24, 2.45) is 0 Å². The van der Waals surface area contributed by atoms with Crippen molar-refractivity contribution in [1.82, 2.24) is 0 Å². The lowest BCUT2D eigenvalue weighted by atomic mass is 10.0. The number of thioether (sulfide) groups is 1. The summed E-state index contributed by atoms with van der Waals surface area (Å²) in [4.78, 5) is 12.0. The van der Waals surface area contributed by atoms with Gasteiger partial charge in [-0.3, -0.25) is 4.79 Å². The molecule has 0 amide bonds. The number of rotatable bonds is 3. The van der Waals surface area contributed by atoms with Gasteiger partial charge in [0.15, 0.2) is 0 Å². The lowest BCUT2D eigenvalue weighted by molar-refractivity contribution is -0.118. The third-order valence-electron chi connectivity index (χ3n) is 2.86. The maximum absolute atomic E-state index is 12.0. The molecule has 0 aromatic heterocycles. The van der Waals surface area contributed by atoms with E-state index in [1.54, 1.807) is 11.8 Å². The number of ketones is 1. The summed E-state index contributed by atoms with van der Waals surface area (Å²) in [5.41, 5.74) is 0.959. The van der Waals surface area contributed by atoms with E-state index in [-0.39, 0.29) is 5.25 Å². The third kappa shape index (κ3) is 3.02. The van der Waals surface area contributed by atoms with Crippen molar-refractivity contribution in [2.45, 2.75) is 30.9 Å². The second-order valence-electron chi connectivity index (χ2n) is 4.09. The summed E-state index contributed by atoms with van der Waals surface area (Å²) in [5, 5.41) is 0.904. The fraction of sp³-hybridized carbons (Fsp3) is 0.462. The smallest absolute Gasteiger partial charge is 0.150 e. The van der Waals surface area contributed by atoms with Crippen LogP contribution in [0.4, 0.5) is 0 Å². The molecule has 0 saturated carbocycles. The summed E-state index contributed by atoms with van der Waals surface area (Å²) in [5.74, 6) is 1.46. The fourth-order valence-corrected chi connectivity index (χ4v) is 3.40. The van der Waals surface area contributed by atoms with E-state index in [1.807, 2.05) is 24.3 Å². The molecule has 0 spiro atoms. The number of hydrogen-bond donors (Lipinski definition) is 0. The number of hydrogen-bond acceptors (Lipinski definition) is 2. The van der Waals surface area contributed by atoms with Crippen molar-refractivity contribution in [1.29, 1.82) is 0 Å². The van der Waals surface area contributed by atoms with E-state index in [0.717, 1.165) is 17.7 Å². The maximum atomic E-state index is 12.0. The van der Waals surface area contributed by atoms with Crippen LogP contribution in [0.5, 0.6) is 0 Å². The monoisotopic (exact) mass is 254 g/mol. The van der Waals surface area contributed by atoms with Gasteiger partial charge in [-0.1, -0.05) is 36.2 Å². The molecular weight excluding hydrogens is 240 g/mol. The minimum atomic E-state index is 0.199. The molecule has 0 bridgehead atoms. The molecule has 1 aromatic rings. The Morgan fingerprint density at radius 2 is 2.19 bits per heavy atom. The predicted molar refractivity (Wildman–Crippen MR) is 70.3 cm³/mol. The summed E-state index contributed by atoms with van der Waals surface area (Å²) >= 11 is 7.85. The van der Waals surface area contributed by atoms with Gasteiger partial charge in [0.2, 0.25) is 0 Å². The largest absolute Gasteiger partial charge is 0.298 e. The lowest BCUT2D eigenvalue weighted by Crippen LogP contribution is -2.22. The standard InChI is InChI=1S/C13H15ClOS/c14-11-6-2-1-5-10(11)9-12(15)13-7-3-4-8-16-13/h1-2,5-6,13H,3-4,7-9H2. The summed E-state index contributed by atoms with van der Waals surface area (Å²) in [6, 6.07) is 7.61. The Hall–Kier alpha value is -0.470. The molecule has 1 unspecified atom stereocenters. The fourth-order valence-electron chi connectivity index (χ4n) is 1.94. The Morgan fingerprint density at radius 1 is 1.38 bits per heavy atom. The SMILES string of the molecule is O=C(Cc1ccccc1Cl)C1CCCCS1. The maximum Gasteiger partial charge on any atom is 0.150 e. The Bertz CT molecular complexity index is 372. The summed E-state index contributed by atoms with van der Waals surface area (Å²) in [6.45, 7) is 0. The van der Waals surface area contributed by atoms with Gasteiger partial charge in [-0.25, -0.2) is 0 Å². The van der Waals surface area contributed by atoms with Crippen LogP contribution in [-0.4, -0.2) is 16.8 Å². The van der Waals surface area contributed by atoms with Gasteiger partial charge >= 0.3 is 0 Å². The van der Waals surface area contributed by atoms with Crippen LogP contribution in [0.15, 0.2) is 24.3 Å². The Labute approximate surface area is 106 Å². The number of carbonyl (C=O) groups excluding carboxylic acids is 1. The first-order valence-electron chi connectivity index (χ1n) is 5.65. The van der Waals surface area contributed by atoms with E-state index in [1.165, 1.54) is 12.8 Å². The minimum absolute atomic E-state index is 0.199. The molecule has 1 atom stereocenters. The highest BCUT2D eigenvalue weighted by Crippen LogP contribution is 2.27. The van der Waals surface area contributed by atoms with Crippen LogP contribution in [-0.2, 0) is 11.2 Å². The molecule has 1 aliphatic heterocycles. The highest BCUT2D eigenvalue weighted by Gasteiger charge is 2.22. The zero-order chi connectivity index (χ0) is 11.4. The van der Waals surface area contributed by atoms with Gasteiger partial charge in [-0.05, 0) is 30.2 Å². The molecule has 0 radical (unpaired) electrons. The van der Waals surface area contributed by atoms with Gasteiger partial charge in [0.05, 0.1) is 5.25 Å². The van der Waals surface area contributed by atoms with E-state index >= 15 is 0 Å². The van der Waals surface area contributed by atoms with Crippen LogP contribution in [0.2, 0.25) is 5.02 Å². The van der Waals surface area contributed by atoms with Gasteiger partial charge in [0.1, 0.15) is 5.78 Å². The van der Waals surface area contributed by atoms with Gasteiger partial charge in [-0.2, -0.15) is 11.8 Å². The summed E-state index contributed by atoms with van der Waals surface area (Å²) < 4.78 is 0. The number of benzene rings is 1. The molecule has 86 valence electrons. The van der Waals surface area contributed by atoms with Gasteiger partial charge in [0.25, 0.3) is 0 Å². The van der Waals surface area contributed by atoms with Crippen LogP contribution >= 0.6 is 23.4 Å². The van der Waals surface area contributed by atoms with E-state index in [0.29, 0.717) is 17.2 Å². The molecule has 1 saturated heterocycles. The first-order valence-corrected chi connectivity index (χ1v) is 7.08.